The van der Waals surface area contributed by atoms with Crippen LogP contribution in [-0.2, 0) is 4.74 Å². The number of esters is 1. The van der Waals surface area contributed by atoms with Crippen LogP contribution >= 0.6 is 10.9 Å². The molecule has 0 unspecified atom stereocenters. The van der Waals surface area contributed by atoms with Gasteiger partial charge in [0.2, 0.25) is 0 Å². The normalized spacial score (nSPS) is 15.7. The van der Waals surface area contributed by atoms with Crippen LogP contribution in [0.2, 0.25) is 0 Å². The molecule has 0 spiro atoms. The van der Waals surface area contributed by atoms with E-state index in [4.69, 9.17) is 0 Å². The van der Waals surface area contributed by atoms with E-state index in [9.17, 15) is 4.79 Å². The van der Waals surface area contributed by atoms with E-state index in [2.05, 4.69) is 20.5 Å². The van der Waals surface area contributed by atoms with Crippen LogP contribution in [0.15, 0.2) is 46.3 Å². The molecule has 0 fully saturated rings. The third kappa shape index (κ3) is 2.10. The second kappa shape index (κ2) is 4.31. The summed E-state index contributed by atoms with van der Waals surface area (Å²) in [5.74, 6) is -0.319. The third-order valence-electron chi connectivity index (χ3n) is 2.04. The van der Waals surface area contributed by atoms with Crippen LogP contribution in [-0.4, -0.2) is 18.1 Å². The Balaban J connectivity index is 2.30. The van der Waals surface area contributed by atoms with Crippen molar-refractivity contribution in [1.29, 1.82) is 0 Å². The van der Waals surface area contributed by atoms with Gasteiger partial charge in [-0.3, -0.25) is 4.98 Å². The lowest BCUT2D eigenvalue weighted by Gasteiger charge is -2.09. The van der Waals surface area contributed by atoms with E-state index in [1.54, 1.807) is 18.3 Å². The van der Waals surface area contributed by atoms with E-state index in [0.717, 1.165) is 5.03 Å². The highest BCUT2D eigenvalue weighted by Crippen LogP contribution is 2.40. The molecule has 1 aromatic rings. The van der Waals surface area contributed by atoms with Crippen molar-refractivity contribution in [3.63, 3.8) is 0 Å². The van der Waals surface area contributed by atoms with E-state index >= 15 is 0 Å². The zero-order valence-corrected chi connectivity index (χ0v) is 9.15. The first-order chi connectivity index (χ1) is 7.31. The van der Waals surface area contributed by atoms with Crippen LogP contribution in [0.5, 0.6) is 0 Å². The summed E-state index contributed by atoms with van der Waals surface area (Å²) in [6.07, 6.45) is 5.64. The molecule has 1 aromatic heterocycles. The lowest BCUT2D eigenvalue weighted by atomic mass is 10.3. The van der Waals surface area contributed by atoms with Crippen molar-refractivity contribution in [2.75, 3.05) is 7.11 Å². The number of carbonyl (C=O) groups is 1. The lowest BCUT2D eigenvalue weighted by molar-refractivity contribution is 0.0600. The minimum absolute atomic E-state index is 0.319. The highest BCUT2D eigenvalue weighted by molar-refractivity contribution is 8.22. The molecule has 0 amide bonds. The number of aromatic nitrogens is 1. The van der Waals surface area contributed by atoms with Crippen molar-refractivity contribution >= 4 is 16.9 Å². The summed E-state index contributed by atoms with van der Waals surface area (Å²) in [4.78, 5) is 15.6. The summed E-state index contributed by atoms with van der Waals surface area (Å²) in [6.45, 7) is 0. The first kappa shape index (κ1) is 9.98. The Morgan fingerprint density at radius 2 is 2.13 bits per heavy atom. The smallest absolute Gasteiger partial charge is 0.337 e. The minimum Gasteiger partial charge on any atom is -0.465 e. The van der Waals surface area contributed by atoms with Gasteiger partial charge in [-0.25, -0.2) is 4.79 Å². The molecule has 0 bridgehead atoms. The van der Waals surface area contributed by atoms with Crippen molar-refractivity contribution in [2.45, 2.75) is 5.03 Å². The molecular formula is C11H11NO2S. The van der Waals surface area contributed by atoms with Crippen molar-refractivity contribution in [2.24, 2.45) is 0 Å². The Kier molecular flexibility index (Phi) is 2.87. The quantitative estimate of drug-likeness (QED) is 0.615. The largest absolute Gasteiger partial charge is 0.465 e. The van der Waals surface area contributed by atoms with Gasteiger partial charge < -0.3 is 4.74 Å². The zero-order valence-electron chi connectivity index (χ0n) is 8.25. The fourth-order valence-corrected chi connectivity index (χ4v) is 2.75. The zero-order chi connectivity index (χ0) is 10.7. The molecule has 0 aliphatic carbocycles. The van der Waals surface area contributed by atoms with Gasteiger partial charge in [0.15, 0.2) is 0 Å². The minimum atomic E-state index is -0.466. The number of hydrogen-bond donors (Lipinski definition) is 1. The summed E-state index contributed by atoms with van der Waals surface area (Å²) in [6, 6.07) is 3.45. The molecule has 0 atom stereocenters. The predicted octanol–water partition coefficient (Wildman–Crippen LogP) is 2.27. The summed E-state index contributed by atoms with van der Waals surface area (Å²) < 4.78 is 4.66. The summed E-state index contributed by atoms with van der Waals surface area (Å²) in [5, 5.41) is 5.12. The van der Waals surface area contributed by atoms with Crippen molar-refractivity contribution in [1.82, 2.24) is 4.98 Å². The highest BCUT2D eigenvalue weighted by Gasteiger charge is 2.09. The van der Waals surface area contributed by atoms with Gasteiger partial charge in [-0.2, -0.15) is 10.9 Å². The molecule has 78 valence electrons. The molecule has 4 heteroatoms. The fraction of sp³-hybridized carbons (Fsp3) is 0.0909. The molecular weight excluding hydrogens is 210 g/mol. The van der Waals surface area contributed by atoms with Crippen molar-refractivity contribution in [3.8, 4) is 0 Å². The summed E-state index contributed by atoms with van der Waals surface area (Å²) >= 11 is 0. The van der Waals surface area contributed by atoms with Crippen LogP contribution in [0.3, 0.4) is 0 Å². The van der Waals surface area contributed by atoms with E-state index in [1.165, 1.54) is 7.11 Å². The molecule has 0 aromatic carbocycles. The monoisotopic (exact) mass is 221 g/mol. The number of rotatable bonds is 2. The van der Waals surface area contributed by atoms with Crippen molar-refractivity contribution < 1.29 is 9.53 Å². The number of hydrogen-bond acceptors (Lipinski definition) is 3. The lowest BCUT2D eigenvalue weighted by Crippen LogP contribution is -2.01. The van der Waals surface area contributed by atoms with Crippen LogP contribution < -0.4 is 0 Å². The first-order valence-corrected chi connectivity index (χ1v) is 5.97. The van der Waals surface area contributed by atoms with Crippen molar-refractivity contribution in [3.05, 3.63) is 46.9 Å². The standard InChI is InChI=1S/C11H11NO2S/c1-14-11(13)9-4-5-12-10(8-9)15-6-2-3-7-15/h2-8,15H,1H3. The Morgan fingerprint density at radius 3 is 2.80 bits per heavy atom. The first-order valence-electron chi connectivity index (χ1n) is 4.49. The second-order valence-corrected chi connectivity index (χ2v) is 4.85. The molecule has 0 N–H and O–H groups in total. The number of thiol groups is 1. The maximum absolute atomic E-state index is 11.3. The van der Waals surface area contributed by atoms with Crippen LogP contribution in [0.4, 0.5) is 0 Å². The van der Waals surface area contributed by atoms with Gasteiger partial charge in [-0.15, -0.1) is 0 Å². The number of pyridine rings is 1. The molecule has 2 rings (SSSR count). The molecule has 2 heterocycles. The summed E-state index contributed by atoms with van der Waals surface area (Å²) in [5.41, 5.74) is 0.554. The Morgan fingerprint density at radius 1 is 1.40 bits per heavy atom. The van der Waals surface area contributed by atoms with Crippen LogP contribution in [0.1, 0.15) is 10.4 Å². The van der Waals surface area contributed by atoms with Gasteiger partial charge in [0.1, 0.15) is 0 Å². The van der Waals surface area contributed by atoms with Gasteiger partial charge in [-0.1, -0.05) is 12.2 Å². The Labute approximate surface area is 90.8 Å². The second-order valence-electron chi connectivity index (χ2n) is 2.98. The van der Waals surface area contributed by atoms with E-state index in [0.29, 0.717) is 5.56 Å². The fourth-order valence-electron chi connectivity index (χ4n) is 1.29. The van der Waals surface area contributed by atoms with Gasteiger partial charge in [0.05, 0.1) is 17.7 Å². The SMILES string of the molecule is COC(=O)c1ccnc([SH]2C=CC=C2)c1. The van der Waals surface area contributed by atoms with Gasteiger partial charge in [-0.05, 0) is 22.9 Å². The molecule has 0 saturated carbocycles. The molecule has 15 heavy (non-hydrogen) atoms. The Bertz CT molecular complexity index is 428. The van der Waals surface area contributed by atoms with Gasteiger partial charge in [0, 0.05) is 6.20 Å². The number of allylic oxidation sites excluding steroid dienone is 2. The predicted molar refractivity (Wildman–Crippen MR) is 61.1 cm³/mol. The third-order valence-corrected chi connectivity index (χ3v) is 3.80. The van der Waals surface area contributed by atoms with Crippen LogP contribution in [0.25, 0.3) is 0 Å². The number of methoxy groups -OCH3 is 1. The summed E-state index contributed by atoms with van der Waals surface area (Å²) in [7, 11) is 0.912. The molecule has 0 saturated heterocycles. The van der Waals surface area contributed by atoms with E-state index in [-0.39, 0.29) is 5.97 Å². The van der Waals surface area contributed by atoms with E-state index < -0.39 is 10.9 Å². The van der Waals surface area contributed by atoms with Crippen LogP contribution in [0, 0.1) is 0 Å². The number of ether oxygens (including phenoxy) is 1. The average Bonchev–Trinajstić information content (AvgIpc) is 2.82. The Hall–Kier alpha value is -1.55. The molecule has 0 radical (unpaired) electrons. The van der Waals surface area contributed by atoms with E-state index in [1.807, 2.05) is 12.2 Å². The maximum atomic E-state index is 11.3. The van der Waals surface area contributed by atoms with Gasteiger partial charge >= 0.3 is 5.97 Å². The van der Waals surface area contributed by atoms with Gasteiger partial charge in [0.25, 0.3) is 0 Å². The topological polar surface area (TPSA) is 39.2 Å². The average molecular weight is 221 g/mol. The highest BCUT2D eigenvalue weighted by atomic mass is 32.2. The number of carbonyl (C=O) groups excluding carboxylic acids is 1. The molecule has 1 aliphatic rings. The maximum Gasteiger partial charge on any atom is 0.337 e. The number of nitrogens with zero attached hydrogens (tertiary/aromatic N) is 1. The molecule has 3 nitrogen and oxygen atoms in total. The molecule has 1 aliphatic heterocycles.